The molecule has 0 aromatic heterocycles. The first-order valence-corrected chi connectivity index (χ1v) is 4.03. The van der Waals surface area contributed by atoms with E-state index >= 15 is 0 Å². The Morgan fingerprint density at radius 2 is 2.36 bits per heavy atom. The van der Waals surface area contributed by atoms with Crippen LogP contribution in [0.1, 0.15) is 11.1 Å². The summed E-state index contributed by atoms with van der Waals surface area (Å²) in [5.41, 5.74) is 4.79. The summed E-state index contributed by atoms with van der Waals surface area (Å²) in [6.07, 6.45) is 0. The van der Waals surface area contributed by atoms with Gasteiger partial charge in [0.1, 0.15) is 0 Å². The van der Waals surface area contributed by atoms with Gasteiger partial charge in [-0.3, -0.25) is 5.43 Å². The fourth-order valence-corrected chi connectivity index (χ4v) is 1.01. The van der Waals surface area contributed by atoms with Gasteiger partial charge in [0, 0.05) is 0 Å². The summed E-state index contributed by atoms with van der Waals surface area (Å²) in [4.78, 5) is 0. The van der Waals surface area contributed by atoms with Crippen LogP contribution in [0.5, 0.6) is 0 Å². The zero-order chi connectivity index (χ0) is 10.4. The van der Waals surface area contributed by atoms with Crippen molar-refractivity contribution in [1.82, 2.24) is 5.43 Å². The lowest BCUT2D eigenvalue weighted by Crippen LogP contribution is -2.03. The molecular weight excluding hydrogens is 180 g/mol. The number of nitrogens with one attached hydrogen (secondary N) is 1. The zero-order valence-electron chi connectivity index (χ0n) is 7.64. The van der Waals surface area contributed by atoms with E-state index in [-0.39, 0.29) is 6.61 Å². The van der Waals surface area contributed by atoms with Crippen LogP contribution in [0.3, 0.4) is 0 Å². The molecule has 0 aliphatic heterocycles. The third-order valence-electron chi connectivity index (χ3n) is 1.70. The summed E-state index contributed by atoms with van der Waals surface area (Å²) < 4.78 is 0. The highest BCUT2D eigenvalue weighted by atomic mass is 16.3. The van der Waals surface area contributed by atoms with E-state index < -0.39 is 0 Å². The Balaban J connectivity index is 2.79. The van der Waals surface area contributed by atoms with E-state index in [1.165, 1.54) is 0 Å². The fourth-order valence-electron chi connectivity index (χ4n) is 1.01. The van der Waals surface area contributed by atoms with E-state index in [1.807, 2.05) is 18.2 Å². The predicted octanol–water partition coefficient (Wildman–Crippen LogP) is 0.980. The molecule has 1 rings (SSSR count). The molecule has 0 unspecified atom stereocenters. The molecule has 0 saturated carbocycles. The first kappa shape index (κ1) is 10.2. The molecule has 0 aliphatic rings. The lowest BCUT2D eigenvalue weighted by Gasteiger charge is -2.04. The SMILES string of the molecule is C=C(N/N=N\N)c1cccc(CO)c1. The summed E-state index contributed by atoms with van der Waals surface area (Å²) in [7, 11) is 0. The fraction of sp³-hybridized carbons (Fsp3) is 0.111. The highest BCUT2D eigenvalue weighted by molar-refractivity contribution is 5.61. The van der Waals surface area contributed by atoms with Gasteiger partial charge in [-0.15, -0.1) is 0 Å². The van der Waals surface area contributed by atoms with Crippen LogP contribution in [-0.4, -0.2) is 5.11 Å². The quantitative estimate of drug-likeness (QED) is 0.378. The number of hydrogen-bond donors (Lipinski definition) is 3. The molecule has 0 aliphatic carbocycles. The van der Waals surface area contributed by atoms with E-state index in [9.17, 15) is 0 Å². The van der Waals surface area contributed by atoms with Gasteiger partial charge < -0.3 is 10.9 Å². The van der Waals surface area contributed by atoms with Gasteiger partial charge in [-0.05, 0) is 17.2 Å². The van der Waals surface area contributed by atoms with Crippen molar-refractivity contribution in [2.24, 2.45) is 16.3 Å². The second-order valence-corrected chi connectivity index (χ2v) is 2.66. The summed E-state index contributed by atoms with van der Waals surface area (Å²) in [6, 6.07) is 7.30. The second kappa shape index (κ2) is 4.98. The maximum atomic E-state index is 8.91. The van der Waals surface area contributed by atoms with Crippen LogP contribution in [0.2, 0.25) is 0 Å². The summed E-state index contributed by atoms with van der Waals surface area (Å²) in [5, 5.41) is 15.3. The lowest BCUT2D eigenvalue weighted by atomic mass is 10.1. The van der Waals surface area contributed by atoms with Gasteiger partial charge in [0.2, 0.25) is 0 Å². The molecule has 0 saturated heterocycles. The highest BCUT2D eigenvalue weighted by Crippen LogP contribution is 2.11. The minimum atomic E-state index is -0.000469. The van der Waals surface area contributed by atoms with Gasteiger partial charge >= 0.3 is 0 Å². The minimum Gasteiger partial charge on any atom is -0.392 e. The van der Waals surface area contributed by atoms with Crippen LogP contribution < -0.4 is 11.3 Å². The maximum Gasteiger partial charge on any atom is 0.0682 e. The molecule has 5 nitrogen and oxygen atoms in total. The molecule has 14 heavy (non-hydrogen) atoms. The topological polar surface area (TPSA) is 83.0 Å². The maximum absolute atomic E-state index is 8.91. The van der Waals surface area contributed by atoms with Crippen molar-refractivity contribution in [2.45, 2.75) is 6.61 Å². The molecule has 74 valence electrons. The van der Waals surface area contributed by atoms with E-state index in [0.717, 1.165) is 11.1 Å². The normalized spacial score (nSPS) is 10.4. The molecule has 1 aromatic carbocycles. The minimum absolute atomic E-state index is 0.000469. The molecule has 4 N–H and O–H groups in total. The standard InChI is InChI=1S/C9H12N4O/c1-7(11-13-12-10)9-4-2-3-8(5-9)6-14/h2-5,14H,1,6H2,(H2,10,13)(H,11,12). The van der Waals surface area contributed by atoms with Crippen LogP contribution in [0.4, 0.5) is 0 Å². The van der Waals surface area contributed by atoms with Crippen molar-refractivity contribution in [3.63, 3.8) is 0 Å². The van der Waals surface area contributed by atoms with Crippen LogP contribution in [-0.2, 0) is 6.61 Å². The lowest BCUT2D eigenvalue weighted by molar-refractivity contribution is 0.282. The molecule has 0 amide bonds. The van der Waals surface area contributed by atoms with Crippen molar-refractivity contribution in [3.8, 4) is 0 Å². The molecule has 0 bridgehead atoms. The van der Waals surface area contributed by atoms with E-state index in [2.05, 4.69) is 22.5 Å². The van der Waals surface area contributed by atoms with Gasteiger partial charge in [0.25, 0.3) is 0 Å². The predicted molar refractivity (Wildman–Crippen MR) is 53.6 cm³/mol. The Kier molecular flexibility index (Phi) is 3.63. The smallest absolute Gasteiger partial charge is 0.0682 e. The Morgan fingerprint density at radius 1 is 1.57 bits per heavy atom. The summed E-state index contributed by atoms with van der Waals surface area (Å²) in [5.74, 6) is 4.83. The third-order valence-corrected chi connectivity index (χ3v) is 1.70. The molecule has 0 atom stereocenters. The number of hydrogen-bond acceptors (Lipinski definition) is 3. The molecule has 0 spiro atoms. The van der Waals surface area contributed by atoms with Gasteiger partial charge in [0.15, 0.2) is 0 Å². The van der Waals surface area contributed by atoms with Gasteiger partial charge in [-0.2, -0.15) is 0 Å². The molecule has 1 aromatic rings. The van der Waals surface area contributed by atoms with Gasteiger partial charge in [0.05, 0.1) is 12.3 Å². The number of nitrogens with two attached hydrogens (primary N) is 1. The van der Waals surface area contributed by atoms with Crippen molar-refractivity contribution in [1.29, 1.82) is 0 Å². The Bertz CT molecular complexity index is 348. The number of nitrogens with zero attached hydrogens (tertiary/aromatic N) is 2. The molecule has 0 heterocycles. The van der Waals surface area contributed by atoms with E-state index in [1.54, 1.807) is 6.07 Å². The van der Waals surface area contributed by atoms with E-state index in [0.29, 0.717) is 5.70 Å². The Labute approximate surface area is 81.9 Å². The third kappa shape index (κ3) is 2.56. The molecular formula is C9H12N4O. The largest absolute Gasteiger partial charge is 0.392 e. The molecule has 5 heteroatoms. The van der Waals surface area contributed by atoms with Crippen molar-refractivity contribution in [3.05, 3.63) is 42.0 Å². The first-order chi connectivity index (χ1) is 6.77. The number of aliphatic hydroxyl groups is 1. The van der Waals surface area contributed by atoms with Crippen molar-refractivity contribution in [2.75, 3.05) is 0 Å². The van der Waals surface area contributed by atoms with Crippen LogP contribution >= 0.6 is 0 Å². The average Bonchev–Trinajstić information content (AvgIpc) is 2.26. The van der Waals surface area contributed by atoms with E-state index in [4.69, 9.17) is 10.9 Å². The highest BCUT2D eigenvalue weighted by Gasteiger charge is 1.98. The average molecular weight is 192 g/mol. The van der Waals surface area contributed by atoms with Crippen molar-refractivity contribution < 1.29 is 5.11 Å². The summed E-state index contributed by atoms with van der Waals surface area (Å²) in [6.45, 7) is 3.74. The monoisotopic (exact) mass is 192 g/mol. The number of rotatable bonds is 4. The number of benzene rings is 1. The first-order valence-electron chi connectivity index (χ1n) is 4.03. The molecule has 0 radical (unpaired) electrons. The summed E-state index contributed by atoms with van der Waals surface area (Å²) >= 11 is 0. The van der Waals surface area contributed by atoms with Crippen LogP contribution in [0, 0.1) is 0 Å². The van der Waals surface area contributed by atoms with Gasteiger partial charge in [-0.25, -0.2) is 0 Å². The van der Waals surface area contributed by atoms with Crippen LogP contribution in [0.15, 0.2) is 41.3 Å². The molecule has 0 fully saturated rings. The van der Waals surface area contributed by atoms with Crippen LogP contribution in [0.25, 0.3) is 5.70 Å². The van der Waals surface area contributed by atoms with Gasteiger partial charge in [-0.1, -0.05) is 35.2 Å². The Morgan fingerprint density at radius 3 is 3.00 bits per heavy atom. The van der Waals surface area contributed by atoms with Crippen molar-refractivity contribution >= 4 is 5.70 Å². The second-order valence-electron chi connectivity index (χ2n) is 2.66. The zero-order valence-corrected chi connectivity index (χ0v) is 7.64. The Hall–Kier alpha value is -1.88. The number of aliphatic hydroxyl groups excluding tert-OH is 1.